The maximum Gasteiger partial charge on any atom is 0.123 e. The number of rotatable bonds is 4. The SMILES string of the molecule is CCCc1nc(-c2cccc(C)c2)sc1CC#N. The van der Waals surface area contributed by atoms with E-state index in [0.29, 0.717) is 6.42 Å². The largest absolute Gasteiger partial charge is 0.241 e. The minimum absolute atomic E-state index is 0.471. The third-order valence-electron chi connectivity index (χ3n) is 2.77. The summed E-state index contributed by atoms with van der Waals surface area (Å²) < 4.78 is 0. The fourth-order valence-electron chi connectivity index (χ4n) is 1.93. The van der Waals surface area contributed by atoms with E-state index in [0.717, 1.165) is 34.0 Å². The van der Waals surface area contributed by atoms with Crippen LogP contribution in [0, 0.1) is 18.3 Å². The van der Waals surface area contributed by atoms with Gasteiger partial charge in [-0.05, 0) is 19.4 Å². The second-order valence-corrected chi connectivity index (χ2v) is 5.43. The Balaban J connectivity index is 2.40. The zero-order valence-electron chi connectivity index (χ0n) is 10.7. The van der Waals surface area contributed by atoms with Crippen molar-refractivity contribution in [2.75, 3.05) is 0 Å². The summed E-state index contributed by atoms with van der Waals surface area (Å²) >= 11 is 1.65. The van der Waals surface area contributed by atoms with E-state index in [9.17, 15) is 0 Å². The highest BCUT2D eigenvalue weighted by molar-refractivity contribution is 7.15. The summed E-state index contributed by atoms with van der Waals surface area (Å²) in [6.07, 6.45) is 2.49. The molecule has 0 bridgehead atoms. The fraction of sp³-hybridized carbons (Fsp3) is 0.333. The van der Waals surface area contributed by atoms with E-state index in [1.807, 2.05) is 0 Å². The second-order valence-electron chi connectivity index (χ2n) is 4.34. The van der Waals surface area contributed by atoms with Crippen LogP contribution in [-0.2, 0) is 12.8 Å². The Morgan fingerprint density at radius 2 is 2.22 bits per heavy atom. The molecule has 2 rings (SSSR count). The summed E-state index contributed by atoms with van der Waals surface area (Å²) in [5.74, 6) is 0. The molecule has 0 saturated heterocycles. The molecule has 0 aliphatic carbocycles. The van der Waals surface area contributed by atoms with Gasteiger partial charge in [0, 0.05) is 10.4 Å². The van der Waals surface area contributed by atoms with Crippen molar-refractivity contribution in [3.8, 4) is 16.6 Å². The van der Waals surface area contributed by atoms with Crippen molar-refractivity contribution in [2.24, 2.45) is 0 Å². The van der Waals surface area contributed by atoms with E-state index in [1.165, 1.54) is 5.56 Å². The maximum atomic E-state index is 8.87. The number of aryl methyl sites for hydroxylation is 2. The molecule has 2 aromatic rings. The molecule has 0 aliphatic heterocycles. The molecule has 0 radical (unpaired) electrons. The first-order valence-corrected chi connectivity index (χ1v) is 6.98. The van der Waals surface area contributed by atoms with Crippen LogP contribution in [0.2, 0.25) is 0 Å². The van der Waals surface area contributed by atoms with Gasteiger partial charge in [-0.2, -0.15) is 5.26 Å². The van der Waals surface area contributed by atoms with Crippen LogP contribution in [0.4, 0.5) is 0 Å². The van der Waals surface area contributed by atoms with Crippen molar-refractivity contribution in [3.05, 3.63) is 40.4 Å². The topological polar surface area (TPSA) is 36.7 Å². The van der Waals surface area contributed by atoms with Crippen LogP contribution in [0.1, 0.15) is 29.5 Å². The number of aromatic nitrogens is 1. The molecule has 3 heteroatoms. The van der Waals surface area contributed by atoms with Gasteiger partial charge in [-0.25, -0.2) is 4.98 Å². The van der Waals surface area contributed by atoms with Crippen molar-refractivity contribution >= 4 is 11.3 Å². The van der Waals surface area contributed by atoms with Crippen LogP contribution >= 0.6 is 11.3 Å². The third kappa shape index (κ3) is 2.77. The van der Waals surface area contributed by atoms with Crippen molar-refractivity contribution in [1.82, 2.24) is 4.98 Å². The first-order chi connectivity index (χ1) is 8.74. The van der Waals surface area contributed by atoms with E-state index < -0.39 is 0 Å². The fourth-order valence-corrected chi connectivity index (χ4v) is 2.96. The molecule has 0 saturated carbocycles. The highest BCUT2D eigenvalue weighted by atomic mass is 32.1. The number of nitriles is 1. The van der Waals surface area contributed by atoms with Crippen LogP contribution in [0.15, 0.2) is 24.3 Å². The molecule has 0 atom stereocenters. The summed E-state index contributed by atoms with van der Waals surface area (Å²) in [5, 5.41) is 9.90. The highest BCUT2D eigenvalue weighted by Crippen LogP contribution is 2.29. The molecule has 0 amide bonds. The summed E-state index contributed by atoms with van der Waals surface area (Å²) in [6, 6.07) is 10.6. The Kier molecular flexibility index (Phi) is 4.11. The lowest BCUT2D eigenvalue weighted by molar-refractivity contribution is 0.881. The second kappa shape index (κ2) is 5.79. The van der Waals surface area contributed by atoms with E-state index in [4.69, 9.17) is 10.2 Å². The zero-order valence-corrected chi connectivity index (χ0v) is 11.5. The minimum atomic E-state index is 0.471. The van der Waals surface area contributed by atoms with Crippen LogP contribution in [-0.4, -0.2) is 4.98 Å². The molecule has 1 heterocycles. The number of thiazole rings is 1. The molecular formula is C15H16N2S. The minimum Gasteiger partial charge on any atom is -0.241 e. The Labute approximate surface area is 112 Å². The Morgan fingerprint density at radius 1 is 1.39 bits per heavy atom. The van der Waals surface area contributed by atoms with E-state index in [1.54, 1.807) is 11.3 Å². The normalized spacial score (nSPS) is 10.3. The van der Waals surface area contributed by atoms with Crippen molar-refractivity contribution in [2.45, 2.75) is 33.1 Å². The van der Waals surface area contributed by atoms with E-state index in [2.05, 4.69) is 44.2 Å². The molecule has 0 spiro atoms. The predicted molar refractivity (Wildman–Crippen MR) is 75.6 cm³/mol. The van der Waals surface area contributed by atoms with Crippen molar-refractivity contribution < 1.29 is 0 Å². The molecular weight excluding hydrogens is 240 g/mol. The van der Waals surface area contributed by atoms with E-state index >= 15 is 0 Å². The van der Waals surface area contributed by atoms with Gasteiger partial charge in [0.05, 0.1) is 18.2 Å². The number of nitrogens with zero attached hydrogens (tertiary/aromatic N) is 2. The van der Waals surface area contributed by atoms with Gasteiger partial charge in [0.1, 0.15) is 5.01 Å². The molecule has 0 N–H and O–H groups in total. The first-order valence-electron chi connectivity index (χ1n) is 6.17. The summed E-state index contributed by atoms with van der Waals surface area (Å²) in [6.45, 7) is 4.22. The molecule has 0 unspecified atom stereocenters. The first kappa shape index (κ1) is 12.8. The molecule has 0 aliphatic rings. The molecule has 1 aromatic heterocycles. The van der Waals surface area contributed by atoms with Gasteiger partial charge >= 0.3 is 0 Å². The van der Waals surface area contributed by atoms with Gasteiger partial charge in [0.2, 0.25) is 0 Å². The molecule has 1 aromatic carbocycles. The van der Waals surface area contributed by atoms with Gasteiger partial charge < -0.3 is 0 Å². The maximum absolute atomic E-state index is 8.87. The third-order valence-corrected chi connectivity index (χ3v) is 3.92. The van der Waals surface area contributed by atoms with Gasteiger partial charge in [0.25, 0.3) is 0 Å². The highest BCUT2D eigenvalue weighted by Gasteiger charge is 2.11. The Bertz CT molecular complexity index is 578. The number of benzene rings is 1. The number of hydrogen-bond acceptors (Lipinski definition) is 3. The van der Waals surface area contributed by atoms with Crippen LogP contribution < -0.4 is 0 Å². The van der Waals surface area contributed by atoms with Gasteiger partial charge in [0.15, 0.2) is 0 Å². The van der Waals surface area contributed by atoms with E-state index in [-0.39, 0.29) is 0 Å². The Morgan fingerprint density at radius 3 is 2.89 bits per heavy atom. The average Bonchev–Trinajstić information content (AvgIpc) is 2.74. The quantitative estimate of drug-likeness (QED) is 0.824. The average molecular weight is 256 g/mol. The van der Waals surface area contributed by atoms with Gasteiger partial charge in [-0.1, -0.05) is 37.1 Å². The van der Waals surface area contributed by atoms with Crippen LogP contribution in [0.5, 0.6) is 0 Å². The van der Waals surface area contributed by atoms with Crippen LogP contribution in [0.25, 0.3) is 10.6 Å². The van der Waals surface area contributed by atoms with Crippen LogP contribution in [0.3, 0.4) is 0 Å². The molecule has 2 nitrogen and oxygen atoms in total. The standard InChI is InChI=1S/C15H16N2S/c1-3-5-13-14(8-9-16)18-15(17-13)12-7-4-6-11(2)10-12/h4,6-7,10H,3,5,8H2,1-2H3. The monoisotopic (exact) mass is 256 g/mol. The molecule has 92 valence electrons. The van der Waals surface area contributed by atoms with Crippen molar-refractivity contribution in [3.63, 3.8) is 0 Å². The smallest absolute Gasteiger partial charge is 0.123 e. The Hall–Kier alpha value is -1.66. The molecule has 0 fully saturated rings. The summed E-state index contributed by atoms with van der Waals surface area (Å²) in [4.78, 5) is 5.82. The molecule has 18 heavy (non-hydrogen) atoms. The number of hydrogen-bond donors (Lipinski definition) is 0. The lowest BCUT2D eigenvalue weighted by Gasteiger charge is -1.97. The summed E-state index contributed by atoms with van der Waals surface area (Å²) in [5.41, 5.74) is 3.49. The summed E-state index contributed by atoms with van der Waals surface area (Å²) in [7, 11) is 0. The van der Waals surface area contributed by atoms with Crippen molar-refractivity contribution in [1.29, 1.82) is 5.26 Å². The lowest BCUT2D eigenvalue weighted by atomic mass is 10.1. The zero-order chi connectivity index (χ0) is 13.0. The predicted octanol–water partition coefficient (Wildman–Crippen LogP) is 4.14. The van der Waals surface area contributed by atoms with Gasteiger partial charge in [-0.15, -0.1) is 11.3 Å². The lowest BCUT2D eigenvalue weighted by Crippen LogP contribution is -1.89. The van der Waals surface area contributed by atoms with Gasteiger partial charge in [-0.3, -0.25) is 0 Å².